The first-order valence-corrected chi connectivity index (χ1v) is 9.47. The van der Waals surface area contributed by atoms with Crippen LogP contribution < -0.4 is 11.1 Å². The molecule has 0 spiro atoms. The fourth-order valence-corrected chi connectivity index (χ4v) is 4.46. The average molecular weight is 377 g/mol. The Bertz CT molecular complexity index is 1230. The zero-order valence-electron chi connectivity index (χ0n) is 14.3. The van der Waals surface area contributed by atoms with Gasteiger partial charge < -0.3 is 9.73 Å². The summed E-state index contributed by atoms with van der Waals surface area (Å²) in [4.78, 5) is 30.3. The quantitative estimate of drug-likeness (QED) is 0.593. The van der Waals surface area contributed by atoms with Crippen LogP contribution in [0.1, 0.15) is 10.4 Å². The molecule has 0 saturated heterocycles. The van der Waals surface area contributed by atoms with E-state index < -0.39 is 5.76 Å². The molecule has 5 rings (SSSR count). The number of aryl methyl sites for hydroxylation is 2. The molecule has 1 aliphatic rings. The molecule has 0 atom stereocenters. The normalized spacial score (nSPS) is 12.6. The zero-order chi connectivity index (χ0) is 18.4. The maximum absolute atomic E-state index is 12.5. The molecule has 6 nitrogen and oxygen atoms in total. The van der Waals surface area contributed by atoms with Gasteiger partial charge in [0.25, 0.3) is 0 Å². The van der Waals surface area contributed by atoms with Crippen LogP contribution in [-0.2, 0) is 24.2 Å². The molecule has 0 aliphatic heterocycles. The van der Waals surface area contributed by atoms with Gasteiger partial charge in [0.05, 0.1) is 11.2 Å². The Kier molecular flexibility index (Phi) is 3.68. The highest BCUT2D eigenvalue weighted by molar-refractivity contribution is 7.16. The van der Waals surface area contributed by atoms with E-state index in [0.29, 0.717) is 16.2 Å². The Morgan fingerprint density at radius 2 is 1.96 bits per heavy atom. The van der Waals surface area contributed by atoms with Gasteiger partial charge >= 0.3 is 5.76 Å². The van der Waals surface area contributed by atoms with Crippen molar-refractivity contribution in [2.45, 2.75) is 19.4 Å². The lowest BCUT2D eigenvalue weighted by atomic mass is 9.94. The molecule has 0 saturated carbocycles. The first kappa shape index (κ1) is 16.0. The smallest absolute Gasteiger partial charge is 0.408 e. The Balaban J connectivity index is 1.40. The Morgan fingerprint density at radius 3 is 2.89 bits per heavy atom. The first-order valence-electron chi connectivity index (χ1n) is 8.65. The summed E-state index contributed by atoms with van der Waals surface area (Å²) in [5, 5.41) is 3.39. The van der Waals surface area contributed by atoms with Crippen molar-refractivity contribution in [1.29, 1.82) is 0 Å². The van der Waals surface area contributed by atoms with Crippen molar-refractivity contribution in [3.63, 3.8) is 0 Å². The number of hydrogen-bond acceptors (Lipinski definition) is 5. The predicted octanol–water partition coefficient (Wildman–Crippen LogP) is 3.46. The lowest BCUT2D eigenvalue weighted by Gasteiger charge is -2.13. The monoisotopic (exact) mass is 377 g/mol. The summed E-state index contributed by atoms with van der Waals surface area (Å²) in [6.45, 7) is -0.114. The lowest BCUT2D eigenvalue weighted by Crippen LogP contribution is -2.24. The third-order valence-corrected chi connectivity index (χ3v) is 5.74. The van der Waals surface area contributed by atoms with Crippen LogP contribution >= 0.6 is 11.3 Å². The van der Waals surface area contributed by atoms with Crippen molar-refractivity contribution >= 4 is 33.5 Å². The molecular formula is C20H15N3O3S. The third-order valence-electron chi connectivity index (χ3n) is 4.71. The van der Waals surface area contributed by atoms with Gasteiger partial charge in [0.1, 0.15) is 6.54 Å². The Morgan fingerprint density at radius 1 is 1.15 bits per heavy atom. The number of para-hydroxylation sites is 2. The maximum atomic E-state index is 12.5. The number of benzene rings is 2. The number of amides is 1. The SMILES string of the molecule is O=C(Cn1c(=O)oc2ccccc21)Nc1nc2c(s1)CCc1ccccc1-2. The highest BCUT2D eigenvalue weighted by Gasteiger charge is 2.21. The Labute approximate surface area is 158 Å². The van der Waals surface area contributed by atoms with Gasteiger partial charge in [0, 0.05) is 10.4 Å². The van der Waals surface area contributed by atoms with Crippen molar-refractivity contribution in [1.82, 2.24) is 9.55 Å². The molecular weight excluding hydrogens is 362 g/mol. The van der Waals surface area contributed by atoms with Crippen LogP contribution in [0.25, 0.3) is 22.4 Å². The number of carbonyl (C=O) groups is 1. The number of aromatic nitrogens is 2. The van der Waals surface area contributed by atoms with Crippen molar-refractivity contribution in [3.05, 3.63) is 69.5 Å². The number of carbonyl (C=O) groups excluding carboxylic acids is 1. The van der Waals surface area contributed by atoms with Crippen molar-refractivity contribution in [2.75, 3.05) is 5.32 Å². The number of hydrogen-bond donors (Lipinski definition) is 1. The second-order valence-electron chi connectivity index (χ2n) is 6.42. The Hall–Kier alpha value is -3.19. The van der Waals surface area contributed by atoms with Crippen LogP contribution in [0, 0.1) is 0 Å². The number of nitrogens with zero attached hydrogens (tertiary/aromatic N) is 2. The van der Waals surface area contributed by atoms with Gasteiger partial charge in [-0.25, -0.2) is 9.78 Å². The van der Waals surface area contributed by atoms with E-state index in [1.807, 2.05) is 12.1 Å². The molecule has 134 valence electrons. The highest BCUT2D eigenvalue weighted by Crippen LogP contribution is 2.37. The second kappa shape index (κ2) is 6.21. The number of thiazole rings is 1. The molecule has 1 amide bonds. The van der Waals surface area contributed by atoms with Crippen molar-refractivity contribution in [3.8, 4) is 11.3 Å². The molecule has 2 aromatic carbocycles. The first-order chi connectivity index (χ1) is 13.2. The minimum atomic E-state index is -0.543. The summed E-state index contributed by atoms with van der Waals surface area (Å²) in [6.07, 6.45) is 1.90. The summed E-state index contributed by atoms with van der Waals surface area (Å²) in [5.74, 6) is -0.846. The highest BCUT2D eigenvalue weighted by atomic mass is 32.1. The molecule has 0 bridgehead atoms. The minimum Gasteiger partial charge on any atom is -0.408 e. The van der Waals surface area contributed by atoms with Crippen LogP contribution in [0.4, 0.5) is 5.13 Å². The fraction of sp³-hybridized carbons (Fsp3) is 0.150. The van der Waals surface area contributed by atoms with E-state index in [1.165, 1.54) is 26.3 Å². The van der Waals surface area contributed by atoms with E-state index in [1.54, 1.807) is 24.3 Å². The maximum Gasteiger partial charge on any atom is 0.420 e. The third kappa shape index (κ3) is 2.76. The molecule has 0 unspecified atom stereocenters. The van der Waals surface area contributed by atoms with Gasteiger partial charge in [-0.05, 0) is 30.5 Å². The lowest BCUT2D eigenvalue weighted by molar-refractivity contribution is -0.116. The van der Waals surface area contributed by atoms with Gasteiger partial charge in [0.15, 0.2) is 10.7 Å². The van der Waals surface area contributed by atoms with Crippen LogP contribution in [0.2, 0.25) is 0 Å². The standard InChI is InChI=1S/C20H15N3O3S/c24-17(11-23-14-7-3-4-8-15(14)26-20(23)25)21-19-22-18-13-6-2-1-5-12(13)9-10-16(18)27-19/h1-8H,9-11H2,(H,21,22,24). The number of rotatable bonds is 3. The van der Waals surface area contributed by atoms with Gasteiger partial charge in [-0.2, -0.15) is 0 Å². The summed E-state index contributed by atoms with van der Waals surface area (Å²) in [7, 11) is 0. The minimum absolute atomic E-state index is 0.114. The number of fused-ring (bicyclic) bond motifs is 4. The summed E-state index contributed by atoms with van der Waals surface area (Å²) >= 11 is 1.49. The predicted molar refractivity (Wildman–Crippen MR) is 104 cm³/mol. The molecule has 27 heavy (non-hydrogen) atoms. The fourth-order valence-electron chi connectivity index (χ4n) is 3.47. The average Bonchev–Trinajstić information content (AvgIpc) is 3.22. The van der Waals surface area contributed by atoms with E-state index in [2.05, 4.69) is 22.4 Å². The van der Waals surface area contributed by atoms with Crippen LogP contribution in [-0.4, -0.2) is 15.5 Å². The largest absolute Gasteiger partial charge is 0.420 e. The summed E-state index contributed by atoms with van der Waals surface area (Å²) < 4.78 is 6.50. The van der Waals surface area contributed by atoms with Crippen LogP contribution in [0.3, 0.4) is 0 Å². The molecule has 0 fully saturated rings. The van der Waals surface area contributed by atoms with Gasteiger partial charge in [-0.1, -0.05) is 36.4 Å². The molecule has 0 radical (unpaired) electrons. The van der Waals surface area contributed by atoms with Gasteiger partial charge in [-0.3, -0.25) is 9.36 Å². The van der Waals surface area contributed by atoms with Crippen LogP contribution in [0.15, 0.2) is 57.7 Å². The number of anilines is 1. The van der Waals surface area contributed by atoms with Crippen molar-refractivity contribution in [2.24, 2.45) is 0 Å². The van der Waals surface area contributed by atoms with Gasteiger partial charge in [0.2, 0.25) is 5.91 Å². The molecule has 2 heterocycles. The van der Waals surface area contributed by atoms with Gasteiger partial charge in [-0.15, -0.1) is 11.3 Å². The van der Waals surface area contributed by atoms with E-state index in [9.17, 15) is 9.59 Å². The summed E-state index contributed by atoms with van der Waals surface area (Å²) in [5.41, 5.74) is 4.43. The molecule has 1 aliphatic carbocycles. The van der Waals surface area contributed by atoms with E-state index in [0.717, 1.165) is 24.1 Å². The molecule has 4 aromatic rings. The molecule has 1 N–H and O–H groups in total. The van der Waals surface area contributed by atoms with Crippen molar-refractivity contribution < 1.29 is 9.21 Å². The number of oxazole rings is 1. The van der Waals surface area contributed by atoms with E-state index >= 15 is 0 Å². The molecule has 7 heteroatoms. The van der Waals surface area contributed by atoms with E-state index in [4.69, 9.17) is 4.42 Å². The van der Waals surface area contributed by atoms with E-state index in [-0.39, 0.29) is 12.5 Å². The number of nitrogens with one attached hydrogen (secondary N) is 1. The van der Waals surface area contributed by atoms with Crippen LogP contribution in [0.5, 0.6) is 0 Å². The summed E-state index contributed by atoms with van der Waals surface area (Å²) in [6, 6.07) is 15.3. The molecule has 2 aromatic heterocycles. The zero-order valence-corrected chi connectivity index (χ0v) is 15.1. The topological polar surface area (TPSA) is 77.1 Å². The second-order valence-corrected chi connectivity index (χ2v) is 7.50.